The van der Waals surface area contributed by atoms with Crippen molar-refractivity contribution in [2.24, 2.45) is 0 Å². The molecule has 5 heteroatoms. The van der Waals surface area contributed by atoms with Gasteiger partial charge in [-0.15, -0.1) is 0 Å². The highest BCUT2D eigenvalue weighted by Crippen LogP contribution is 2.16. The predicted molar refractivity (Wildman–Crippen MR) is 231 cm³/mol. The average Bonchev–Trinajstić information content (AvgIpc) is 3.16. The minimum atomic E-state index is -1.15. The lowest BCUT2D eigenvalue weighted by atomic mass is 10.0. The van der Waals surface area contributed by atoms with E-state index in [2.05, 4.69) is 43.5 Å². The van der Waals surface area contributed by atoms with Crippen molar-refractivity contribution in [3.8, 4) is 0 Å². The Labute approximate surface area is 331 Å². The summed E-state index contributed by atoms with van der Waals surface area (Å²) in [6.45, 7) is 4.12. The first-order valence-corrected chi connectivity index (χ1v) is 23.6. The number of unbranched alkanes of at least 4 members (excludes halogenated alkanes) is 31. The van der Waals surface area contributed by atoms with Crippen LogP contribution in [-0.4, -0.2) is 46.1 Å². The maximum Gasteiger partial charge on any atom is 0.220 e. The van der Waals surface area contributed by atoms with Gasteiger partial charge in [-0.25, -0.2) is 0 Å². The van der Waals surface area contributed by atoms with E-state index in [9.17, 15) is 20.1 Å². The van der Waals surface area contributed by atoms with Gasteiger partial charge in [0.25, 0.3) is 0 Å². The van der Waals surface area contributed by atoms with Crippen LogP contribution >= 0.6 is 0 Å². The number of amides is 1. The number of carbonyl (C=O) groups excluding carboxylic acids is 1. The van der Waals surface area contributed by atoms with Gasteiger partial charge >= 0.3 is 0 Å². The Morgan fingerprint density at radius 3 is 1.13 bits per heavy atom. The Morgan fingerprint density at radius 1 is 0.453 bits per heavy atom. The summed E-state index contributed by atoms with van der Waals surface area (Å²) in [5.74, 6) is -0.155. The molecule has 1 amide bonds. The SMILES string of the molecule is CCCCC/C=C/CCCC(O)C(O)C(CO)NC(=O)CCCCCCCCCCCCCCCCC/C=C\CCCCCCCCCCCCCC. The summed E-state index contributed by atoms with van der Waals surface area (Å²) in [5.41, 5.74) is 0. The van der Waals surface area contributed by atoms with Crippen molar-refractivity contribution in [3.05, 3.63) is 24.3 Å². The first-order chi connectivity index (χ1) is 26.1. The van der Waals surface area contributed by atoms with Gasteiger partial charge in [0.1, 0.15) is 6.10 Å². The topological polar surface area (TPSA) is 89.8 Å². The van der Waals surface area contributed by atoms with Gasteiger partial charge in [0.2, 0.25) is 5.91 Å². The molecule has 0 fully saturated rings. The van der Waals surface area contributed by atoms with E-state index in [-0.39, 0.29) is 12.5 Å². The molecule has 3 unspecified atom stereocenters. The highest BCUT2D eigenvalue weighted by atomic mass is 16.3. The number of aliphatic hydroxyl groups excluding tert-OH is 3. The fourth-order valence-electron chi connectivity index (χ4n) is 7.33. The Kier molecular flexibility index (Phi) is 42.6. The van der Waals surface area contributed by atoms with Crippen molar-refractivity contribution in [2.45, 2.75) is 270 Å². The lowest BCUT2D eigenvalue weighted by molar-refractivity contribution is -0.124. The molecule has 0 rings (SSSR count). The number of rotatable bonds is 43. The zero-order valence-corrected chi connectivity index (χ0v) is 35.7. The molecule has 5 nitrogen and oxygen atoms in total. The second-order valence-electron chi connectivity index (χ2n) is 16.3. The molecule has 0 bridgehead atoms. The summed E-state index contributed by atoms with van der Waals surface area (Å²) in [4.78, 5) is 12.4. The van der Waals surface area contributed by atoms with Crippen LogP contribution in [0.3, 0.4) is 0 Å². The molecule has 0 saturated carbocycles. The second-order valence-corrected chi connectivity index (χ2v) is 16.3. The van der Waals surface area contributed by atoms with Crippen molar-refractivity contribution in [3.63, 3.8) is 0 Å². The van der Waals surface area contributed by atoms with Gasteiger partial charge in [-0.05, 0) is 64.2 Å². The number of aliphatic hydroxyl groups is 3. The van der Waals surface area contributed by atoms with Crippen LogP contribution in [0.5, 0.6) is 0 Å². The van der Waals surface area contributed by atoms with Crippen LogP contribution in [0.15, 0.2) is 24.3 Å². The van der Waals surface area contributed by atoms with Crippen molar-refractivity contribution in [1.29, 1.82) is 0 Å². The van der Waals surface area contributed by atoms with Crippen molar-refractivity contribution in [1.82, 2.24) is 5.32 Å². The Morgan fingerprint density at radius 2 is 0.755 bits per heavy atom. The molecule has 0 aromatic heterocycles. The Bertz CT molecular complexity index is 784. The first-order valence-electron chi connectivity index (χ1n) is 23.6. The van der Waals surface area contributed by atoms with E-state index >= 15 is 0 Å². The normalized spacial score (nSPS) is 13.7. The monoisotopic (exact) mass is 748 g/mol. The molecule has 3 atom stereocenters. The van der Waals surface area contributed by atoms with Gasteiger partial charge in [0.05, 0.1) is 18.8 Å². The Hall–Kier alpha value is -1.17. The average molecular weight is 748 g/mol. The third-order valence-corrected chi connectivity index (χ3v) is 11.0. The van der Waals surface area contributed by atoms with E-state index < -0.39 is 18.2 Å². The molecule has 0 radical (unpaired) electrons. The predicted octanol–water partition coefficient (Wildman–Crippen LogP) is 13.8. The molecule has 314 valence electrons. The summed E-state index contributed by atoms with van der Waals surface area (Å²) in [5, 5.41) is 33.3. The van der Waals surface area contributed by atoms with Gasteiger partial charge in [-0.3, -0.25) is 4.79 Å². The van der Waals surface area contributed by atoms with Crippen molar-refractivity contribution >= 4 is 5.91 Å². The van der Waals surface area contributed by atoms with E-state index in [0.29, 0.717) is 12.8 Å². The summed E-state index contributed by atoms with van der Waals surface area (Å²) in [7, 11) is 0. The molecule has 53 heavy (non-hydrogen) atoms. The quantitative estimate of drug-likeness (QED) is 0.0369. The molecule has 0 aromatic carbocycles. The summed E-state index contributed by atoms with van der Waals surface area (Å²) < 4.78 is 0. The van der Waals surface area contributed by atoms with E-state index in [1.54, 1.807) is 0 Å². The van der Waals surface area contributed by atoms with E-state index in [1.165, 1.54) is 186 Å². The van der Waals surface area contributed by atoms with Crippen LogP contribution in [0.2, 0.25) is 0 Å². The lowest BCUT2D eigenvalue weighted by Crippen LogP contribution is -2.50. The molecule has 0 saturated heterocycles. The highest BCUT2D eigenvalue weighted by molar-refractivity contribution is 5.76. The fourth-order valence-corrected chi connectivity index (χ4v) is 7.33. The van der Waals surface area contributed by atoms with Crippen LogP contribution in [0, 0.1) is 0 Å². The summed E-state index contributed by atoms with van der Waals surface area (Å²) >= 11 is 0. The highest BCUT2D eigenvalue weighted by Gasteiger charge is 2.26. The smallest absolute Gasteiger partial charge is 0.220 e. The van der Waals surface area contributed by atoms with Crippen LogP contribution < -0.4 is 5.32 Å². The third kappa shape index (κ3) is 38.9. The van der Waals surface area contributed by atoms with Crippen LogP contribution in [-0.2, 0) is 4.79 Å². The molecular formula is C48H93NO4. The number of hydrogen-bond donors (Lipinski definition) is 4. The van der Waals surface area contributed by atoms with Gasteiger partial charge in [0.15, 0.2) is 0 Å². The molecule has 0 spiro atoms. The van der Waals surface area contributed by atoms with Crippen LogP contribution in [0.25, 0.3) is 0 Å². The van der Waals surface area contributed by atoms with Crippen LogP contribution in [0.1, 0.15) is 251 Å². The largest absolute Gasteiger partial charge is 0.394 e. The lowest BCUT2D eigenvalue weighted by Gasteiger charge is -2.26. The first kappa shape index (κ1) is 51.8. The number of carbonyl (C=O) groups is 1. The van der Waals surface area contributed by atoms with Gasteiger partial charge in [0, 0.05) is 6.42 Å². The standard InChI is InChI=1S/C48H93NO4/c1-3-5-7-9-11-13-14-15-16-17-18-19-20-21-22-23-24-25-26-27-28-29-30-31-32-33-34-35-37-39-41-43-47(52)49-45(44-50)48(53)46(51)42-40-38-36-12-10-8-6-4-2/h12,21-22,36,45-46,48,50-51,53H,3-11,13-20,23-35,37-44H2,1-2H3,(H,49,52)/b22-21-,36-12+. The maximum absolute atomic E-state index is 12.4. The fraction of sp³-hybridized carbons (Fsp3) is 0.896. The maximum atomic E-state index is 12.4. The Balaban J connectivity index is 3.46. The van der Waals surface area contributed by atoms with E-state index in [1.807, 2.05) is 0 Å². The van der Waals surface area contributed by atoms with Gasteiger partial charge in [-0.2, -0.15) is 0 Å². The minimum Gasteiger partial charge on any atom is -0.394 e. The number of nitrogens with one attached hydrogen (secondary N) is 1. The zero-order valence-electron chi connectivity index (χ0n) is 35.7. The molecule has 0 aliphatic carbocycles. The van der Waals surface area contributed by atoms with E-state index in [4.69, 9.17) is 0 Å². The third-order valence-electron chi connectivity index (χ3n) is 11.0. The summed E-state index contributed by atoms with van der Waals surface area (Å²) in [6.07, 6.45) is 53.4. The number of allylic oxidation sites excluding steroid dienone is 4. The molecule has 4 N–H and O–H groups in total. The van der Waals surface area contributed by atoms with Gasteiger partial charge < -0.3 is 20.6 Å². The number of hydrogen-bond acceptors (Lipinski definition) is 4. The van der Waals surface area contributed by atoms with Gasteiger partial charge in [-0.1, -0.05) is 205 Å². The second kappa shape index (κ2) is 43.6. The minimum absolute atomic E-state index is 0.155. The molecule has 0 aliphatic heterocycles. The van der Waals surface area contributed by atoms with Crippen LogP contribution in [0.4, 0.5) is 0 Å². The molecule has 0 aliphatic rings. The van der Waals surface area contributed by atoms with E-state index in [0.717, 1.165) is 38.5 Å². The zero-order chi connectivity index (χ0) is 38.7. The van der Waals surface area contributed by atoms with Crippen molar-refractivity contribution < 1.29 is 20.1 Å². The molecule has 0 aromatic rings. The molecule has 0 heterocycles. The van der Waals surface area contributed by atoms with Crippen molar-refractivity contribution in [2.75, 3.05) is 6.61 Å². The summed E-state index contributed by atoms with van der Waals surface area (Å²) in [6, 6.07) is -0.821. The molecular weight excluding hydrogens is 655 g/mol.